The van der Waals surface area contributed by atoms with E-state index in [0.29, 0.717) is 5.69 Å². The SMILES string of the molecule is CC(=O)C(=N)c1ccccn1. The Balaban J connectivity index is 2.95. The van der Waals surface area contributed by atoms with E-state index >= 15 is 0 Å². The van der Waals surface area contributed by atoms with Crippen molar-refractivity contribution in [2.75, 3.05) is 0 Å². The van der Waals surface area contributed by atoms with Gasteiger partial charge in [0.05, 0.1) is 5.69 Å². The second-order valence-electron chi connectivity index (χ2n) is 2.15. The molecule has 0 unspecified atom stereocenters. The summed E-state index contributed by atoms with van der Waals surface area (Å²) in [6.45, 7) is 1.36. The van der Waals surface area contributed by atoms with Crippen LogP contribution < -0.4 is 0 Å². The molecule has 1 heterocycles. The van der Waals surface area contributed by atoms with Crippen molar-refractivity contribution in [1.29, 1.82) is 5.41 Å². The Bertz CT molecular complexity index is 279. The predicted octanol–water partition coefficient (Wildman–Crippen LogP) is 1.04. The maximum Gasteiger partial charge on any atom is 0.179 e. The number of nitrogens with one attached hydrogen (secondary N) is 1. The van der Waals surface area contributed by atoms with Crippen molar-refractivity contribution < 1.29 is 4.79 Å². The van der Waals surface area contributed by atoms with Crippen LogP contribution in [0.5, 0.6) is 0 Å². The number of nitrogens with zero attached hydrogens (tertiary/aromatic N) is 1. The van der Waals surface area contributed by atoms with E-state index in [4.69, 9.17) is 5.41 Å². The summed E-state index contributed by atoms with van der Waals surface area (Å²) in [4.78, 5) is 14.5. The minimum Gasteiger partial charge on any atom is -0.295 e. The van der Waals surface area contributed by atoms with Gasteiger partial charge in [-0.05, 0) is 12.1 Å². The number of ketones is 1. The minimum absolute atomic E-state index is 0.0365. The molecule has 0 aliphatic heterocycles. The highest BCUT2D eigenvalue weighted by molar-refractivity contribution is 6.43. The summed E-state index contributed by atoms with van der Waals surface area (Å²) in [6.07, 6.45) is 1.56. The van der Waals surface area contributed by atoms with Crippen LogP contribution >= 0.6 is 0 Å². The monoisotopic (exact) mass is 148 g/mol. The summed E-state index contributed by atoms with van der Waals surface area (Å²) in [5.41, 5.74) is 0.394. The Kier molecular flexibility index (Phi) is 2.11. The Morgan fingerprint density at radius 3 is 2.73 bits per heavy atom. The quantitative estimate of drug-likeness (QED) is 0.637. The molecule has 11 heavy (non-hydrogen) atoms. The van der Waals surface area contributed by atoms with Crippen LogP contribution in [0, 0.1) is 5.41 Å². The number of hydrogen-bond acceptors (Lipinski definition) is 3. The summed E-state index contributed by atoms with van der Waals surface area (Å²) in [5.74, 6) is -0.260. The molecule has 1 aromatic heterocycles. The maximum atomic E-state index is 10.7. The van der Waals surface area contributed by atoms with Gasteiger partial charge in [0.25, 0.3) is 0 Å². The molecule has 0 saturated carbocycles. The van der Waals surface area contributed by atoms with Gasteiger partial charge in [0.1, 0.15) is 5.71 Å². The molecular weight excluding hydrogens is 140 g/mol. The first-order valence-corrected chi connectivity index (χ1v) is 3.22. The lowest BCUT2D eigenvalue weighted by atomic mass is 10.2. The Morgan fingerprint density at radius 1 is 1.55 bits per heavy atom. The zero-order valence-corrected chi connectivity index (χ0v) is 6.16. The van der Waals surface area contributed by atoms with Gasteiger partial charge >= 0.3 is 0 Å². The van der Waals surface area contributed by atoms with Crippen LogP contribution in [0.3, 0.4) is 0 Å². The van der Waals surface area contributed by atoms with E-state index in [1.165, 1.54) is 6.92 Å². The van der Waals surface area contributed by atoms with E-state index in [-0.39, 0.29) is 11.5 Å². The summed E-state index contributed by atoms with van der Waals surface area (Å²) in [5, 5.41) is 7.27. The van der Waals surface area contributed by atoms with Crippen LogP contribution in [0.4, 0.5) is 0 Å². The first kappa shape index (κ1) is 7.60. The third-order valence-corrected chi connectivity index (χ3v) is 1.27. The summed E-state index contributed by atoms with van der Waals surface area (Å²) >= 11 is 0. The maximum absolute atomic E-state index is 10.7. The lowest BCUT2D eigenvalue weighted by Crippen LogP contribution is -2.10. The first-order chi connectivity index (χ1) is 5.22. The molecule has 3 nitrogen and oxygen atoms in total. The fraction of sp³-hybridized carbons (Fsp3) is 0.125. The van der Waals surface area contributed by atoms with E-state index in [2.05, 4.69) is 4.98 Å². The summed E-state index contributed by atoms with van der Waals surface area (Å²) in [7, 11) is 0. The van der Waals surface area contributed by atoms with Crippen molar-refractivity contribution in [3.8, 4) is 0 Å². The normalized spacial score (nSPS) is 9.18. The fourth-order valence-corrected chi connectivity index (χ4v) is 0.691. The van der Waals surface area contributed by atoms with E-state index < -0.39 is 0 Å². The number of carbonyl (C=O) groups is 1. The Labute approximate surface area is 64.6 Å². The molecule has 56 valence electrons. The van der Waals surface area contributed by atoms with Crippen molar-refractivity contribution in [3.05, 3.63) is 30.1 Å². The van der Waals surface area contributed by atoms with Gasteiger partial charge in [-0.2, -0.15) is 0 Å². The number of carbonyl (C=O) groups excluding carboxylic acids is 1. The van der Waals surface area contributed by atoms with Crippen LogP contribution in [0.25, 0.3) is 0 Å². The van der Waals surface area contributed by atoms with Crippen LogP contribution in [0.15, 0.2) is 24.4 Å². The summed E-state index contributed by atoms with van der Waals surface area (Å²) in [6, 6.07) is 5.14. The Morgan fingerprint density at radius 2 is 2.27 bits per heavy atom. The molecule has 1 aromatic rings. The number of Topliss-reactive ketones (excluding diaryl/α,β-unsaturated/α-hetero) is 1. The van der Waals surface area contributed by atoms with Gasteiger partial charge in [-0.15, -0.1) is 0 Å². The van der Waals surface area contributed by atoms with Gasteiger partial charge in [-0.3, -0.25) is 15.2 Å². The molecule has 0 saturated heterocycles. The highest BCUT2D eigenvalue weighted by atomic mass is 16.1. The molecule has 0 aliphatic rings. The highest BCUT2D eigenvalue weighted by Crippen LogP contribution is 1.94. The van der Waals surface area contributed by atoms with Crippen molar-refractivity contribution in [2.45, 2.75) is 6.92 Å². The second kappa shape index (κ2) is 3.05. The third kappa shape index (κ3) is 1.70. The number of pyridine rings is 1. The second-order valence-corrected chi connectivity index (χ2v) is 2.15. The number of aromatic nitrogens is 1. The van der Waals surface area contributed by atoms with Crippen molar-refractivity contribution in [2.24, 2.45) is 0 Å². The van der Waals surface area contributed by atoms with E-state index in [1.54, 1.807) is 24.4 Å². The Hall–Kier alpha value is -1.51. The van der Waals surface area contributed by atoms with Gasteiger partial charge in [-0.25, -0.2) is 0 Å². The minimum atomic E-state index is -0.260. The zero-order valence-electron chi connectivity index (χ0n) is 6.16. The predicted molar refractivity (Wildman–Crippen MR) is 41.7 cm³/mol. The van der Waals surface area contributed by atoms with E-state index in [1.807, 2.05) is 0 Å². The number of rotatable bonds is 2. The highest BCUT2D eigenvalue weighted by Gasteiger charge is 2.05. The molecule has 0 fully saturated rings. The molecule has 3 heteroatoms. The topological polar surface area (TPSA) is 53.8 Å². The molecule has 1 rings (SSSR count). The molecule has 0 bridgehead atoms. The average molecular weight is 148 g/mol. The van der Waals surface area contributed by atoms with Crippen LogP contribution in [0.2, 0.25) is 0 Å². The molecule has 0 aliphatic carbocycles. The third-order valence-electron chi connectivity index (χ3n) is 1.27. The molecule has 1 N–H and O–H groups in total. The van der Waals surface area contributed by atoms with E-state index in [0.717, 1.165) is 0 Å². The van der Waals surface area contributed by atoms with Crippen LogP contribution in [-0.2, 0) is 4.79 Å². The van der Waals surface area contributed by atoms with Crippen molar-refractivity contribution in [1.82, 2.24) is 4.98 Å². The molecule has 0 amide bonds. The molecule has 0 radical (unpaired) electrons. The lowest BCUT2D eigenvalue weighted by molar-refractivity contribution is -0.111. The molecule has 0 aromatic carbocycles. The standard InChI is InChI=1S/C8H8N2O/c1-6(11)8(9)7-4-2-3-5-10-7/h2-5,9H,1H3. The van der Waals surface area contributed by atoms with Gasteiger partial charge in [0.2, 0.25) is 0 Å². The average Bonchev–Trinajstić information content (AvgIpc) is 2.05. The smallest absolute Gasteiger partial charge is 0.179 e. The fourth-order valence-electron chi connectivity index (χ4n) is 0.691. The summed E-state index contributed by atoms with van der Waals surface area (Å²) < 4.78 is 0. The molecule has 0 spiro atoms. The van der Waals surface area contributed by atoms with Gasteiger partial charge < -0.3 is 0 Å². The van der Waals surface area contributed by atoms with Crippen LogP contribution in [0.1, 0.15) is 12.6 Å². The van der Waals surface area contributed by atoms with Crippen LogP contribution in [-0.4, -0.2) is 16.5 Å². The zero-order chi connectivity index (χ0) is 8.27. The van der Waals surface area contributed by atoms with Crippen molar-refractivity contribution >= 4 is 11.5 Å². The first-order valence-electron chi connectivity index (χ1n) is 3.22. The molecule has 0 atom stereocenters. The largest absolute Gasteiger partial charge is 0.295 e. The molecular formula is C8H8N2O. The van der Waals surface area contributed by atoms with Gasteiger partial charge in [0.15, 0.2) is 5.78 Å². The van der Waals surface area contributed by atoms with Gasteiger partial charge in [0, 0.05) is 13.1 Å². The van der Waals surface area contributed by atoms with Crippen molar-refractivity contribution in [3.63, 3.8) is 0 Å². The van der Waals surface area contributed by atoms with Gasteiger partial charge in [-0.1, -0.05) is 6.07 Å². The number of hydrogen-bond donors (Lipinski definition) is 1. The van der Waals surface area contributed by atoms with E-state index in [9.17, 15) is 4.79 Å². The lowest BCUT2D eigenvalue weighted by Gasteiger charge is -1.95.